The van der Waals surface area contributed by atoms with E-state index in [1.807, 2.05) is 23.3 Å². The van der Waals surface area contributed by atoms with Crippen LogP contribution in [0.15, 0.2) is 40.6 Å². The van der Waals surface area contributed by atoms with E-state index < -0.39 is 10.0 Å². The first-order valence-corrected chi connectivity index (χ1v) is 12.3. The molecule has 1 atom stereocenters. The highest BCUT2D eigenvalue weighted by atomic mass is 32.2. The van der Waals surface area contributed by atoms with Crippen molar-refractivity contribution in [2.45, 2.75) is 50.0 Å². The van der Waals surface area contributed by atoms with E-state index in [4.69, 9.17) is 0 Å². The van der Waals surface area contributed by atoms with Gasteiger partial charge in [-0.25, -0.2) is 8.42 Å². The third kappa shape index (κ3) is 3.63. The van der Waals surface area contributed by atoms with E-state index in [1.54, 1.807) is 33.8 Å². The number of sulfonamides is 1. The highest BCUT2D eigenvalue weighted by Crippen LogP contribution is 2.36. The Hall–Kier alpha value is -1.70. The molecule has 1 amide bonds. The molecule has 7 heteroatoms. The molecule has 3 heterocycles. The summed E-state index contributed by atoms with van der Waals surface area (Å²) in [6, 6.07) is 9.17. The number of carbonyl (C=O) groups excluding carboxylic acids is 1. The van der Waals surface area contributed by atoms with Gasteiger partial charge in [0.05, 0.1) is 10.9 Å². The van der Waals surface area contributed by atoms with Gasteiger partial charge in [0.1, 0.15) is 0 Å². The van der Waals surface area contributed by atoms with Crippen LogP contribution in [0, 0.1) is 6.92 Å². The van der Waals surface area contributed by atoms with Gasteiger partial charge in [-0.05, 0) is 61.7 Å². The molecular formula is C21H26N2O3S2. The Labute approximate surface area is 171 Å². The van der Waals surface area contributed by atoms with Crippen molar-refractivity contribution in [1.29, 1.82) is 0 Å². The molecule has 4 rings (SSSR count). The van der Waals surface area contributed by atoms with Crippen molar-refractivity contribution in [2.24, 2.45) is 0 Å². The molecule has 2 aliphatic rings. The minimum Gasteiger partial charge on any atom is -0.331 e. The first kappa shape index (κ1) is 19.6. The largest absolute Gasteiger partial charge is 0.331 e. The highest BCUT2D eigenvalue weighted by molar-refractivity contribution is 7.89. The molecule has 150 valence electrons. The normalized spacial score (nSPS) is 21.2. The van der Waals surface area contributed by atoms with Crippen LogP contribution in [-0.4, -0.2) is 43.2 Å². The third-order valence-corrected chi connectivity index (χ3v) is 8.65. The molecule has 0 saturated carbocycles. The van der Waals surface area contributed by atoms with Crippen molar-refractivity contribution in [1.82, 2.24) is 9.21 Å². The second-order valence-electron chi connectivity index (χ2n) is 7.61. The van der Waals surface area contributed by atoms with Crippen molar-refractivity contribution in [3.63, 3.8) is 0 Å². The Kier molecular flexibility index (Phi) is 5.58. The summed E-state index contributed by atoms with van der Waals surface area (Å²) < 4.78 is 27.7. The number of piperidine rings is 1. The Morgan fingerprint density at radius 3 is 2.57 bits per heavy atom. The number of rotatable bonds is 4. The van der Waals surface area contributed by atoms with Crippen molar-refractivity contribution in [3.8, 4) is 0 Å². The van der Waals surface area contributed by atoms with E-state index in [2.05, 4.69) is 6.07 Å². The van der Waals surface area contributed by atoms with E-state index in [0.29, 0.717) is 25.2 Å². The fourth-order valence-corrected chi connectivity index (χ4v) is 6.60. The standard InChI is InChI=1S/C21H26N2O3S2/c1-16-9-10-17(28(25,26)22-11-3-2-4-12-22)15-18(16)21(24)23-13-5-7-19(23)20-8-6-14-27-20/h6,8-10,14-15,19H,2-5,7,11-13H2,1H3. The lowest BCUT2D eigenvalue weighted by Crippen LogP contribution is -2.36. The lowest BCUT2D eigenvalue weighted by Gasteiger charge is -2.27. The van der Waals surface area contributed by atoms with Gasteiger partial charge < -0.3 is 4.90 Å². The number of hydrogen-bond acceptors (Lipinski definition) is 4. The fourth-order valence-electron chi connectivity index (χ4n) is 4.19. The second kappa shape index (κ2) is 7.97. The van der Waals surface area contributed by atoms with Crippen molar-refractivity contribution in [2.75, 3.05) is 19.6 Å². The Morgan fingerprint density at radius 2 is 1.86 bits per heavy atom. The molecule has 2 aromatic rings. The summed E-state index contributed by atoms with van der Waals surface area (Å²) in [6.45, 7) is 3.71. The first-order chi connectivity index (χ1) is 13.5. The maximum atomic E-state index is 13.4. The Bertz CT molecular complexity index is 948. The van der Waals surface area contributed by atoms with Gasteiger partial charge in [0.25, 0.3) is 5.91 Å². The van der Waals surface area contributed by atoms with Gasteiger partial charge in [-0.2, -0.15) is 4.31 Å². The van der Waals surface area contributed by atoms with Crippen LogP contribution in [0.25, 0.3) is 0 Å². The number of thiophene rings is 1. The van der Waals surface area contributed by atoms with Crippen molar-refractivity contribution in [3.05, 3.63) is 51.7 Å². The van der Waals surface area contributed by atoms with E-state index in [1.165, 1.54) is 4.88 Å². The van der Waals surface area contributed by atoms with Crippen LogP contribution in [0.5, 0.6) is 0 Å². The molecule has 0 N–H and O–H groups in total. The zero-order valence-corrected chi connectivity index (χ0v) is 17.8. The van der Waals surface area contributed by atoms with Crippen LogP contribution in [-0.2, 0) is 10.0 Å². The predicted molar refractivity (Wildman–Crippen MR) is 111 cm³/mol. The smallest absolute Gasteiger partial charge is 0.254 e. The molecule has 1 unspecified atom stereocenters. The zero-order valence-electron chi connectivity index (χ0n) is 16.1. The van der Waals surface area contributed by atoms with Gasteiger partial charge in [-0.15, -0.1) is 11.3 Å². The Morgan fingerprint density at radius 1 is 1.07 bits per heavy atom. The molecule has 0 aliphatic carbocycles. The van der Waals surface area contributed by atoms with Crippen LogP contribution in [0.2, 0.25) is 0 Å². The van der Waals surface area contributed by atoms with Crippen LogP contribution in [0.3, 0.4) is 0 Å². The molecule has 2 saturated heterocycles. The van der Waals surface area contributed by atoms with Crippen molar-refractivity contribution >= 4 is 27.3 Å². The molecule has 0 radical (unpaired) electrons. The summed E-state index contributed by atoms with van der Waals surface area (Å²) in [4.78, 5) is 16.7. The van der Waals surface area contributed by atoms with E-state index in [-0.39, 0.29) is 16.8 Å². The molecule has 0 spiro atoms. The number of carbonyl (C=O) groups is 1. The number of amides is 1. The number of hydrogen-bond donors (Lipinski definition) is 0. The molecule has 1 aromatic heterocycles. The summed E-state index contributed by atoms with van der Waals surface area (Å²) in [5.74, 6) is -0.0657. The lowest BCUT2D eigenvalue weighted by molar-refractivity contribution is 0.0737. The van der Waals surface area contributed by atoms with Crippen LogP contribution >= 0.6 is 11.3 Å². The van der Waals surface area contributed by atoms with E-state index in [0.717, 1.165) is 37.7 Å². The maximum absolute atomic E-state index is 13.4. The summed E-state index contributed by atoms with van der Waals surface area (Å²) in [5.41, 5.74) is 1.32. The van der Waals surface area contributed by atoms with Gasteiger partial charge in [0, 0.05) is 30.1 Å². The quantitative estimate of drug-likeness (QED) is 0.747. The van der Waals surface area contributed by atoms with Crippen LogP contribution < -0.4 is 0 Å². The average molecular weight is 419 g/mol. The summed E-state index contributed by atoms with van der Waals surface area (Å²) >= 11 is 1.67. The Balaban J connectivity index is 1.64. The molecule has 2 fully saturated rings. The van der Waals surface area contributed by atoms with Gasteiger partial charge in [-0.1, -0.05) is 18.6 Å². The molecule has 0 bridgehead atoms. The van der Waals surface area contributed by atoms with Gasteiger partial charge >= 0.3 is 0 Å². The third-order valence-electron chi connectivity index (χ3n) is 5.78. The molecule has 2 aliphatic heterocycles. The van der Waals surface area contributed by atoms with Crippen LogP contribution in [0.1, 0.15) is 58.9 Å². The summed E-state index contributed by atoms with van der Waals surface area (Å²) in [7, 11) is -3.55. The number of benzene rings is 1. The second-order valence-corrected chi connectivity index (χ2v) is 10.5. The lowest BCUT2D eigenvalue weighted by atomic mass is 10.1. The zero-order chi connectivity index (χ0) is 19.7. The van der Waals surface area contributed by atoms with E-state index >= 15 is 0 Å². The topological polar surface area (TPSA) is 57.7 Å². The monoisotopic (exact) mass is 418 g/mol. The first-order valence-electron chi connectivity index (χ1n) is 9.93. The van der Waals surface area contributed by atoms with Gasteiger partial charge in [0.15, 0.2) is 0 Å². The predicted octanol–water partition coefficient (Wildman–Crippen LogP) is 4.21. The molecule has 5 nitrogen and oxygen atoms in total. The minimum atomic E-state index is -3.55. The molecule has 1 aromatic carbocycles. The molecular weight excluding hydrogens is 392 g/mol. The summed E-state index contributed by atoms with van der Waals surface area (Å²) in [6.07, 6.45) is 4.79. The van der Waals surface area contributed by atoms with Gasteiger partial charge in [-0.3, -0.25) is 4.79 Å². The number of aryl methyl sites for hydroxylation is 1. The summed E-state index contributed by atoms with van der Waals surface area (Å²) in [5, 5.41) is 2.04. The van der Waals surface area contributed by atoms with E-state index in [9.17, 15) is 13.2 Å². The van der Waals surface area contributed by atoms with Gasteiger partial charge in [0.2, 0.25) is 10.0 Å². The van der Waals surface area contributed by atoms with Crippen LogP contribution in [0.4, 0.5) is 0 Å². The SMILES string of the molecule is Cc1ccc(S(=O)(=O)N2CCCCC2)cc1C(=O)N1CCCC1c1cccs1. The fraction of sp³-hybridized carbons (Fsp3) is 0.476. The molecule has 28 heavy (non-hydrogen) atoms. The van der Waals surface area contributed by atoms with Crippen molar-refractivity contribution < 1.29 is 13.2 Å². The highest BCUT2D eigenvalue weighted by Gasteiger charge is 2.33. The maximum Gasteiger partial charge on any atom is 0.254 e. The number of nitrogens with zero attached hydrogens (tertiary/aromatic N) is 2. The number of likely N-dealkylation sites (tertiary alicyclic amines) is 1. The minimum absolute atomic E-state index is 0.0657. The average Bonchev–Trinajstić information content (AvgIpc) is 3.40.